The number of amidine groups is 2. The van der Waals surface area contributed by atoms with Crippen LogP contribution in [0.15, 0.2) is 52.3 Å². The van der Waals surface area contributed by atoms with Gasteiger partial charge in [0.25, 0.3) is 0 Å². The molecule has 0 aliphatic heterocycles. The van der Waals surface area contributed by atoms with Crippen LogP contribution in [0.4, 0.5) is 0 Å². The molecule has 0 saturated carbocycles. The zero-order valence-corrected chi connectivity index (χ0v) is 18.3. The van der Waals surface area contributed by atoms with Gasteiger partial charge in [0.15, 0.2) is 10.3 Å². The lowest BCUT2D eigenvalue weighted by molar-refractivity contribution is 0.414. The van der Waals surface area contributed by atoms with Crippen molar-refractivity contribution >= 4 is 62.6 Å². The standard InChI is InChI=1S/C17H20N4OS3.BrH/c1-22-13-6-7-15(12(8-13)10-24-17(20)21)25-14-5-3-2-4-11(14)9-23-16(18)19;/h2-8H,9-10H2,1H3,(H3,18,19)(H3,20,21);1H. The van der Waals surface area contributed by atoms with Crippen LogP contribution >= 0.6 is 52.3 Å². The Hall–Kier alpha value is -1.29. The van der Waals surface area contributed by atoms with Gasteiger partial charge < -0.3 is 16.2 Å². The van der Waals surface area contributed by atoms with E-state index in [0.29, 0.717) is 11.5 Å². The number of thioether (sulfide) groups is 2. The molecule has 0 saturated heterocycles. The molecule has 0 fully saturated rings. The zero-order chi connectivity index (χ0) is 18.2. The highest BCUT2D eigenvalue weighted by atomic mass is 79.9. The summed E-state index contributed by atoms with van der Waals surface area (Å²) in [6, 6.07) is 14.0. The minimum Gasteiger partial charge on any atom is -0.497 e. The number of ether oxygens (including phenoxy) is 1. The summed E-state index contributed by atoms with van der Waals surface area (Å²) < 4.78 is 5.31. The molecular formula is C17H21BrN4OS3. The molecule has 0 heterocycles. The summed E-state index contributed by atoms with van der Waals surface area (Å²) in [6.07, 6.45) is 0. The lowest BCUT2D eigenvalue weighted by Gasteiger charge is -2.13. The average molecular weight is 473 g/mol. The third-order valence-electron chi connectivity index (χ3n) is 3.23. The monoisotopic (exact) mass is 472 g/mol. The van der Waals surface area contributed by atoms with Gasteiger partial charge in [-0.25, -0.2) is 0 Å². The van der Waals surface area contributed by atoms with Crippen LogP contribution in [0.5, 0.6) is 5.75 Å². The lowest BCUT2D eigenvalue weighted by atomic mass is 10.2. The number of nitrogens with two attached hydrogens (primary N) is 2. The summed E-state index contributed by atoms with van der Waals surface area (Å²) in [5, 5.41) is 15.0. The molecule has 2 aromatic rings. The van der Waals surface area contributed by atoms with Gasteiger partial charge in [0.05, 0.1) is 7.11 Å². The summed E-state index contributed by atoms with van der Waals surface area (Å²) in [7, 11) is 1.64. The Labute approximate surface area is 176 Å². The Bertz CT molecular complexity index is 773. The molecule has 0 radical (unpaired) electrons. The van der Waals surface area contributed by atoms with E-state index >= 15 is 0 Å². The zero-order valence-electron chi connectivity index (χ0n) is 14.2. The minimum absolute atomic E-state index is 0. The van der Waals surface area contributed by atoms with E-state index in [0.717, 1.165) is 26.7 Å². The van der Waals surface area contributed by atoms with Crippen LogP contribution in [0.2, 0.25) is 0 Å². The number of methoxy groups -OCH3 is 1. The maximum absolute atomic E-state index is 7.43. The van der Waals surface area contributed by atoms with Gasteiger partial charge in [0.2, 0.25) is 0 Å². The average Bonchev–Trinajstić information content (AvgIpc) is 2.59. The highest BCUT2D eigenvalue weighted by Gasteiger charge is 2.10. The molecule has 9 heteroatoms. The Balaban J connectivity index is 0.00000338. The predicted octanol–water partition coefficient (Wildman–Crippen LogP) is 4.68. The number of halogens is 1. The van der Waals surface area contributed by atoms with E-state index in [1.54, 1.807) is 18.9 Å². The van der Waals surface area contributed by atoms with Gasteiger partial charge in [-0.2, -0.15) is 0 Å². The molecule has 26 heavy (non-hydrogen) atoms. The SMILES string of the molecule is Br.COc1ccc(Sc2ccccc2CSC(=N)N)c(CSC(=N)N)c1. The van der Waals surface area contributed by atoms with Crippen LogP contribution in [0.1, 0.15) is 11.1 Å². The van der Waals surface area contributed by atoms with Crippen molar-refractivity contribution in [3.05, 3.63) is 53.6 Å². The predicted molar refractivity (Wildman–Crippen MR) is 120 cm³/mol. The molecule has 0 spiro atoms. The molecule has 0 atom stereocenters. The second kappa shape index (κ2) is 11.4. The highest BCUT2D eigenvalue weighted by Crippen LogP contribution is 2.37. The van der Waals surface area contributed by atoms with Crippen LogP contribution in [-0.4, -0.2) is 17.4 Å². The van der Waals surface area contributed by atoms with Gasteiger partial charge in [0, 0.05) is 21.3 Å². The molecule has 6 N–H and O–H groups in total. The van der Waals surface area contributed by atoms with Crippen molar-refractivity contribution < 1.29 is 4.74 Å². The van der Waals surface area contributed by atoms with Crippen molar-refractivity contribution in [3.63, 3.8) is 0 Å². The Morgan fingerprint density at radius 2 is 1.50 bits per heavy atom. The minimum atomic E-state index is 0. The van der Waals surface area contributed by atoms with E-state index in [-0.39, 0.29) is 27.3 Å². The summed E-state index contributed by atoms with van der Waals surface area (Å²) in [5.41, 5.74) is 13.1. The van der Waals surface area contributed by atoms with Crippen molar-refractivity contribution in [1.29, 1.82) is 10.8 Å². The third kappa shape index (κ3) is 7.14. The van der Waals surface area contributed by atoms with Gasteiger partial charge in [-0.1, -0.05) is 53.5 Å². The van der Waals surface area contributed by atoms with Crippen molar-refractivity contribution in [2.45, 2.75) is 21.3 Å². The van der Waals surface area contributed by atoms with Crippen LogP contribution in [0.3, 0.4) is 0 Å². The largest absolute Gasteiger partial charge is 0.497 e. The van der Waals surface area contributed by atoms with Gasteiger partial charge in [-0.05, 0) is 35.4 Å². The maximum Gasteiger partial charge on any atom is 0.151 e. The van der Waals surface area contributed by atoms with E-state index < -0.39 is 0 Å². The van der Waals surface area contributed by atoms with Crippen LogP contribution in [0, 0.1) is 10.8 Å². The normalized spacial score (nSPS) is 10.0. The first-order valence-corrected chi connectivity index (χ1v) is 10.1. The van der Waals surface area contributed by atoms with E-state index in [4.69, 9.17) is 27.0 Å². The molecule has 140 valence electrons. The first kappa shape index (κ1) is 22.8. The maximum atomic E-state index is 7.43. The summed E-state index contributed by atoms with van der Waals surface area (Å²) in [6.45, 7) is 0. The van der Waals surface area contributed by atoms with E-state index in [1.807, 2.05) is 36.4 Å². The Morgan fingerprint density at radius 1 is 0.923 bits per heavy atom. The summed E-state index contributed by atoms with van der Waals surface area (Å²) >= 11 is 4.26. The van der Waals surface area contributed by atoms with E-state index in [1.165, 1.54) is 23.5 Å². The van der Waals surface area contributed by atoms with Crippen LogP contribution < -0.4 is 16.2 Å². The number of nitrogens with one attached hydrogen (secondary N) is 2. The van der Waals surface area contributed by atoms with E-state index in [2.05, 4.69) is 6.07 Å². The fourth-order valence-electron chi connectivity index (χ4n) is 2.05. The Morgan fingerprint density at radius 3 is 2.12 bits per heavy atom. The smallest absolute Gasteiger partial charge is 0.151 e. The number of benzene rings is 2. The number of hydrogen-bond acceptors (Lipinski definition) is 6. The fourth-order valence-corrected chi connectivity index (χ4v) is 4.40. The molecule has 0 amide bonds. The van der Waals surface area contributed by atoms with Gasteiger partial charge >= 0.3 is 0 Å². The Kier molecular flexibility index (Phi) is 10.0. The molecule has 2 rings (SSSR count). The van der Waals surface area contributed by atoms with Crippen LogP contribution in [-0.2, 0) is 11.5 Å². The van der Waals surface area contributed by atoms with E-state index in [9.17, 15) is 0 Å². The first-order chi connectivity index (χ1) is 12.0. The first-order valence-electron chi connectivity index (χ1n) is 7.36. The quantitative estimate of drug-likeness (QED) is 0.344. The fraction of sp³-hybridized carbons (Fsp3) is 0.176. The lowest BCUT2D eigenvalue weighted by Crippen LogP contribution is -2.04. The number of rotatable bonds is 7. The van der Waals surface area contributed by atoms with Crippen molar-refractivity contribution in [2.24, 2.45) is 11.5 Å². The van der Waals surface area contributed by atoms with Crippen molar-refractivity contribution in [2.75, 3.05) is 7.11 Å². The molecule has 0 aromatic heterocycles. The van der Waals surface area contributed by atoms with Crippen LogP contribution in [0.25, 0.3) is 0 Å². The molecule has 0 bridgehead atoms. The highest BCUT2D eigenvalue weighted by molar-refractivity contribution is 8.93. The van der Waals surface area contributed by atoms with Crippen molar-refractivity contribution in [1.82, 2.24) is 0 Å². The van der Waals surface area contributed by atoms with Crippen molar-refractivity contribution in [3.8, 4) is 5.75 Å². The molecular weight excluding hydrogens is 452 g/mol. The summed E-state index contributed by atoms with van der Waals surface area (Å²) in [4.78, 5) is 2.21. The van der Waals surface area contributed by atoms with Gasteiger partial charge in [-0.15, -0.1) is 17.0 Å². The molecule has 0 unspecified atom stereocenters. The third-order valence-corrected chi connectivity index (χ3v) is 6.00. The molecule has 0 aliphatic rings. The summed E-state index contributed by atoms with van der Waals surface area (Å²) in [5.74, 6) is 2.05. The number of hydrogen-bond donors (Lipinski definition) is 4. The van der Waals surface area contributed by atoms with Gasteiger partial charge in [-0.3, -0.25) is 10.8 Å². The second-order valence-electron chi connectivity index (χ2n) is 4.99. The van der Waals surface area contributed by atoms with Gasteiger partial charge in [0.1, 0.15) is 5.75 Å². The second-order valence-corrected chi connectivity index (χ2v) is 8.11. The molecule has 5 nitrogen and oxygen atoms in total. The topological polar surface area (TPSA) is 109 Å². The molecule has 2 aromatic carbocycles. The molecule has 0 aliphatic carbocycles.